The predicted octanol–water partition coefficient (Wildman–Crippen LogP) is 0.637. The van der Waals surface area contributed by atoms with Crippen LogP contribution in [0.15, 0.2) is 0 Å². The summed E-state index contributed by atoms with van der Waals surface area (Å²) < 4.78 is 5.60. The van der Waals surface area contributed by atoms with Crippen molar-refractivity contribution >= 4 is 0 Å². The molecule has 2 rings (SSSR count). The average molecular weight is 255 g/mol. The molecule has 4 nitrogen and oxygen atoms in total. The molecule has 2 heterocycles. The Morgan fingerprint density at radius 2 is 2.17 bits per heavy atom. The summed E-state index contributed by atoms with van der Waals surface area (Å²) in [5.41, 5.74) is 0. The molecule has 2 fully saturated rings. The van der Waals surface area contributed by atoms with Gasteiger partial charge in [0.05, 0.1) is 6.61 Å². The van der Waals surface area contributed by atoms with E-state index in [1.807, 2.05) is 0 Å². The Hall–Kier alpha value is -0.160. The lowest BCUT2D eigenvalue weighted by molar-refractivity contribution is 0.126. The topological polar surface area (TPSA) is 27.7 Å². The summed E-state index contributed by atoms with van der Waals surface area (Å²) in [5, 5.41) is 3.72. The lowest BCUT2D eigenvalue weighted by Gasteiger charge is -2.37. The minimum Gasteiger partial charge on any atom is -0.381 e. The Morgan fingerprint density at radius 3 is 2.83 bits per heavy atom. The zero-order valence-corrected chi connectivity index (χ0v) is 12.2. The molecule has 0 bridgehead atoms. The van der Waals surface area contributed by atoms with Gasteiger partial charge < -0.3 is 19.9 Å². The number of ether oxygens (including phenoxy) is 1. The van der Waals surface area contributed by atoms with Gasteiger partial charge in [-0.1, -0.05) is 6.92 Å². The molecule has 2 aliphatic rings. The fourth-order valence-corrected chi connectivity index (χ4v) is 3.38. The fourth-order valence-electron chi connectivity index (χ4n) is 3.38. The first kappa shape index (κ1) is 14.3. The first-order chi connectivity index (χ1) is 8.72. The van der Waals surface area contributed by atoms with Gasteiger partial charge in [-0.2, -0.15) is 0 Å². The smallest absolute Gasteiger partial charge is 0.0510 e. The minimum absolute atomic E-state index is 0.572. The van der Waals surface area contributed by atoms with Crippen LogP contribution in [0.1, 0.15) is 19.8 Å². The molecule has 0 amide bonds. The molecule has 18 heavy (non-hydrogen) atoms. The van der Waals surface area contributed by atoms with Crippen LogP contribution >= 0.6 is 0 Å². The molecule has 3 unspecified atom stereocenters. The second kappa shape index (κ2) is 6.85. The standard InChI is InChI=1S/C14H29N3O/c1-4-15-14(12-6-9-18-11-12)13-10-16(2)7-5-8-17(13)3/h12-15H,4-11H2,1-3H3. The van der Waals surface area contributed by atoms with Crippen molar-refractivity contribution in [3.8, 4) is 0 Å². The van der Waals surface area contributed by atoms with Gasteiger partial charge in [-0.05, 0) is 46.6 Å². The van der Waals surface area contributed by atoms with Gasteiger partial charge in [-0.25, -0.2) is 0 Å². The third-order valence-corrected chi connectivity index (χ3v) is 4.44. The molecule has 0 aliphatic carbocycles. The van der Waals surface area contributed by atoms with Gasteiger partial charge in [0.2, 0.25) is 0 Å². The van der Waals surface area contributed by atoms with E-state index in [-0.39, 0.29) is 0 Å². The van der Waals surface area contributed by atoms with Crippen molar-refractivity contribution in [2.24, 2.45) is 5.92 Å². The predicted molar refractivity (Wildman–Crippen MR) is 74.9 cm³/mol. The molecule has 4 heteroatoms. The Kier molecular flexibility index (Phi) is 5.42. The summed E-state index contributed by atoms with van der Waals surface area (Å²) in [6, 6.07) is 1.19. The van der Waals surface area contributed by atoms with Gasteiger partial charge in [0.1, 0.15) is 0 Å². The number of hydrogen-bond acceptors (Lipinski definition) is 4. The molecule has 3 atom stereocenters. The van der Waals surface area contributed by atoms with E-state index in [9.17, 15) is 0 Å². The van der Waals surface area contributed by atoms with Gasteiger partial charge in [0.25, 0.3) is 0 Å². The van der Waals surface area contributed by atoms with E-state index in [4.69, 9.17) is 4.74 Å². The van der Waals surface area contributed by atoms with Crippen molar-refractivity contribution in [3.05, 3.63) is 0 Å². The molecule has 2 aliphatic heterocycles. The summed E-state index contributed by atoms with van der Waals surface area (Å²) in [5.74, 6) is 0.684. The number of likely N-dealkylation sites (N-methyl/N-ethyl adjacent to an activating group) is 3. The van der Waals surface area contributed by atoms with E-state index in [0.717, 1.165) is 19.8 Å². The van der Waals surface area contributed by atoms with Gasteiger partial charge >= 0.3 is 0 Å². The molecular weight excluding hydrogens is 226 g/mol. The zero-order chi connectivity index (χ0) is 13.0. The highest BCUT2D eigenvalue weighted by atomic mass is 16.5. The second-order valence-corrected chi connectivity index (χ2v) is 5.87. The summed E-state index contributed by atoms with van der Waals surface area (Å²) in [7, 11) is 4.53. The summed E-state index contributed by atoms with van der Waals surface area (Å²) in [4.78, 5) is 5.03. The van der Waals surface area contributed by atoms with E-state index in [2.05, 4.69) is 36.1 Å². The molecule has 0 aromatic carbocycles. The Balaban J connectivity index is 2.05. The Bertz CT molecular complexity index is 243. The van der Waals surface area contributed by atoms with E-state index >= 15 is 0 Å². The van der Waals surface area contributed by atoms with E-state index in [1.54, 1.807) is 0 Å². The van der Waals surface area contributed by atoms with E-state index < -0.39 is 0 Å². The fraction of sp³-hybridized carbons (Fsp3) is 1.00. The highest BCUT2D eigenvalue weighted by Gasteiger charge is 2.35. The molecule has 0 radical (unpaired) electrons. The molecule has 0 saturated carbocycles. The number of nitrogens with one attached hydrogen (secondary N) is 1. The van der Waals surface area contributed by atoms with Crippen molar-refractivity contribution in [1.82, 2.24) is 15.1 Å². The highest BCUT2D eigenvalue weighted by molar-refractivity contribution is 4.92. The van der Waals surface area contributed by atoms with Gasteiger partial charge in [0.15, 0.2) is 0 Å². The van der Waals surface area contributed by atoms with Crippen LogP contribution in [0.5, 0.6) is 0 Å². The van der Waals surface area contributed by atoms with Gasteiger partial charge in [0, 0.05) is 31.2 Å². The maximum absolute atomic E-state index is 5.60. The Morgan fingerprint density at radius 1 is 1.33 bits per heavy atom. The van der Waals surface area contributed by atoms with Crippen LogP contribution in [0.3, 0.4) is 0 Å². The third-order valence-electron chi connectivity index (χ3n) is 4.44. The summed E-state index contributed by atoms with van der Waals surface area (Å²) in [6.45, 7) is 8.75. The van der Waals surface area contributed by atoms with Crippen molar-refractivity contribution < 1.29 is 4.74 Å². The molecule has 0 aromatic heterocycles. The van der Waals surface area contributed by atoms with Crippen LogP contribution in [0, 0.1) is 5.92 Å². The first-order valence-corrected chi connectivity index (χ1v) is 7.42. The van der Waals surface area contributed by atoms with Crippen molar-refractivity contribution in [2.45, 2.75) is 31.8 Å². The van der Waals surface area contributed by atoms with Crippen LogP contribution in [0.25, 0.3) is 0 Å². The van der Waals surface area contributed by atoms with E-state index in [1.165, 1.54) is 32.5 Å². The molecule has 2 saturated heterocycles. The largest absolute Gasteiger partial charge is 0.381 e. The summed E-state index contributed by atoms with van der Waals surface area (Å²) in [6.07, 6.45) is 2.50. The van der Waals surface area contributed by atoms with Crippen molar-refractivity contribution in [2.75, 3.05) is 53.5 Å². The molecule has 0 aromatic rings. The second-order valence-electron chi connectivity index (χ2n) is 5.87. The van der Waals surface area contributed by atoms with Gasteiger partial charge in [-0.3, -0.25) is 0 Å². The van der Waals surface area contributed by atoms with E-state index in [0.29, 0.717) is 18.0 Å². The molecule has 106 valence electrons. The third kappa shape index (κ3) is 3.44. The monoisotopic (exact) mass is 255 g/mol. The van der Waals surface area contributed by atoms with Crippen LogP contribution in [-0.2, 0) is 4.74 Å². The average Bonchev–Trinajstić information content (AvgIpc) is 2.81. The number of hydrogen-bond donors (Lipinski definition) is 1. The van der Waals surface area contributed by atoms with Crippen LogP contribution < -0.4 is 5.32 Å². The van der Waals surface area contributed by atoms with Crippen LogP contribution in [0.4, 0.5) is 0 Å². The van der Waals surface area contributed by atoms with Crippen LogP contribution in [-0.4, -0.2) is 75.4 Å². The quantitative estimate of drug-likeness (QED) is 0.798. The minimum atomic E-state index is 0.572. The highest BCUT2D eigenvalue weighted by Crippen LogP contribution is 2.23. The lowest BCUT2D eigenvalue weighted by Crippen LogP contribution is -2.55. The van der Waals surface area contributed by atoms with Crippen molar-refractivity contribution in [1.29, 1.82) is 0 Å². The number of nitrogens with zero attached hydrogens (tertiary/aromatic N) is 2. The molecule has 1 N–H and O–H groups in total. The summed E-state index contributed by atoms with van der Waals surface area (Å²) >= 11 is 0. The SMILES string of the molecule is CCNC(C1CCOC1)C1CN(C)CCCN1C. The van der Waals surface area contributed by atoms with Gasteiger partial charge in [-0.15, -0.1) is 0 Å². The number of rotatable bonds is 4. The molecular formula is C14H29N3O. The van der Waals surface area contributed by atoms with Crippen LogP contribution in [0.2, 0.25) is 0 Å². The first-order valence-electron chi connectivity index (χ1n) is 7.42. The zero-order valence-electron chi connectivity index (χ0n) is 12.2. The normalized spacial score (nSPS) is 33.5. The Labute approximate surface area is 112 Å². The lowest BCUT2D eigenvalue weighted by atomic mass is 9.91. The van der Waals surface area contributed by atoms with Crippen molar-refractivity contribution in [3.63, 3.8) is 0 Å². The molecule has 0 spiro atoms. The maximum atomic E-state index is 5.60. The maximum Gasteiger partial charge on any atom is 0.0510 e.